The standard InChI is InChI=1S/C15H19NO2/c1-2-9-17-13-3-4-14-12(10-13)5-6-15(18-14)7-8-16-11-15/h3-6,10,16H,2,7-9,11H2,1H3. The van der Waals surface area contributed by atoms with E-state index in [2.05, 4.69) is 30.5 Å². The van der Waals surface area contributed by atoms with Crippen LogP contribution in [0.5, 0.6) is 11.5 Å². The third-order valence-corrected chi connectivity index (χ3v) is 3.48. The van der Waals surface area contributed by atoms with Gasteiger partial charge in [-0.25, -0.2) is 0 Å². The van der Waals surface area contributed by atoms with E-state index in [1.54, 1.807) is 0 Å². The third-order valence-electron chi connectivity index (χ3n) is 3.48. The zero-order valence-electron chi connectivity index (χ0n) is 10.7. The molecule has 0 bridgehead atoms. The first-order valence-electron chi connectivity index (χ1n) is 6.67. The Labute approximate surface area is 108 Å². The fourth-order valence-corrected chi connectivity index (χ4v) is 2.47. The molecule has 1 N–H and O–H groups in total. The SMILES string of the molecule is CCCOc1ccc2c(c1)C=CC1(CCNC1)O2. The van der Waals surface area contributed by atoms with Crippen LogP contribution in [0.2, 0.25) is 0 Å². The van der Waals surface area contributed by atoms with Crippen LogP contribution >= 0.6 is 0 Å². The highest BCUT2D eigenvalue weighted by Crippen LogP contribution is 2.36. The van der Waals surface area contributed by atoms with Crippen LogP contribution in [0.1, 0.15) is 25.3 Å². The number of hydrogen-bond donors (Lipinski definition) is 1. The van der Waals surface area contributed by atoms with E-state index >= 15 is 0 Å². The van der Waals surface area contributed by atoms with Crippen LogP contribution in [0.4, 0.5) is 0 Å². The van der Waals surface area contributed by atoms with Gasteiger partial charge in [0.15, 0.2) is 0 Å². The van der Waals surface area contributed by atoms with Crippen molar-refractivity contribution >= 4 is 6.08 Å². The fourth-order valence-electron chi connectivity index (χ4n) is 2.47. The van der Waals surface area contributed by atoms with Gasteiger partial charge in [0.1, 0.15) is 17.1 Å². The van der Waals surface area contributed by atoms with Crippen molar-refractivity contribution in [2.75, 3.05) is 19.7 Å². The van der Waals surface area contributed by atoms with Crippen LogP contribution in [0.3, 0.4) is 0 Å². The van der Waals surface area contributed by atoms with E-state index in [0.29, 0.717) is 0 Å². The van der Waals surface area contributed by atoms with Crippen molar-refractivity contribution < 1.29 is 9.47 Å². The second kappa shape index (κ2) is 4.65. The van der Waals surface area contributed by atoms with Crippen LogP contribution in [-0.2, 0) is 0 Å². The van der Waals surface area contributed by atoms with Crippen molar-refractivity contribution in [3.8, 4) is 11.5 Å². The maximum Gasteiger partial charge on any atom is 0.141 e. The second-order valence-corrected chi connectivity index (χ2v) is 4.98. The molecule has 0 saturated carbocycles. The van der Waals surface area contributed by atoms with Crippen LogP contribution in [-0.4, -0.2) is 25.3 Å². The Morgan fingerprint density at radius 2 is 2.39 bits per heavy atom. The number of nitrogens with one attached hydrogen (secondary N) is 1. The van der Waals surface area contributed by atoms with Crippen molar-refractivity contribution in [3.63, 3.8) is 0 Å². The average Bonchev–Trinajstić information content (AvgIpc) is 2.84. The summed E-state index contributed by atoms with van der Waals surface area (Å²) in [6, 6.07) is 6.06. The molecule has 1 atom stereocenters. The second-order valence-electron chi connectivity index (χ2n) is 4.98. The van der Waals surface area contributed by atoms with Crippen LogP contribution in [0, 0.1) is 0 Å². The van der Waals surface area contributed by atoms with Gasteiger partial charge >= 0.3 is 0 Å². The number of rotatable bonds is 3. The van der Waals surface area contributed by atoms with Crippen molar-refractivity contribution in [2.24, 2.45) is 0 Å². The Morgan fingerprint density at radius 1 is 1.44 bits per heavy atom. The first kappa shape index (κ1) is 11.6. The van der Waals surface area contributed by atoms with Gasteiger partial charge in [-0.05, 0) is 37.2 Å². The fraction of sp³-hybridized carbons (Fsp3) is 0.467. The highest BCUT2D eigenvalue weighted by atomic mass is 16.5. The Hall–Kier alpha value is -1.48. The zero-order chi connectivity index (χ0) is 12.4. The minimum absolute atomic E-state index is 0.126. The molecule has 3 rings (SSSR count). The summed E-state index contributed by atoms with van der Waals surface area (Å²) in [6.45, 7) is 4.80. The third kappa shape index (κ3) is 2.10. The number of fused-ring (bicyclic) bond motifs is 1. The summed E-state index contributed by atoms with van der Waals surface area (Å²) in [5, 5.41) is 3.35. The maximum absolute atomic E-state index is 6.13. The van der Waals surface area contributed by atoms with Crippen molar-refractivity contribution in [3.05, 3.63) is 29.8 Å². The van der Waals surface area contributed by atoms with Gasteiger partial charge in [0.25, 0.3) is 0 Å². The van der Waals surface area contributed by atoms with Gasteiger partial charge in [0, 0.05) is 18.5 Å². The molecule has 1 aromatic rings. The van der Waals surface area contributed by atoms with Crippen LogP contribution in [0.15, 0.2) is 24.3 Å². The number of ether oxygens (including phenoxy) is 2. The Bertz CT molecular complexity index is 462. The molecule has 3 nitrogen and oxygen atoms in total. The molecule has 0 amide bonds. The topological polar surface area (TPSA) is 30.5 Å². The molecule has 3 heteroatoms. The average molecular weight is 245 g/mol. The van der Waals surface area contributed by atoms with Crippen molar-refractivity contribution in [1.82, 2.24) is 5.32 Å². The Kier molecular flexibility index (Phi) is 3.00. The molecule has 1 fully saturated rings. The summed E-state index contributed by atoms with van der Waals surface area (Å²) in [7, 11) is 0. The van der Waals surface area contributed by atoms with Gasteiger partial charge in [-0.1, -0.05) is 13.0 Å². The molecule has 1 spiro atoms. The largest absolute Gasteiger partial charge is 0.494 e. The normalized spacial score (nSPS) is 24.9. The molecule has 1 aromatic carbocycles. The van der Waals surface area contributed by atoms with Gasteiger partial charge in [0.2, 0.25) is 0 Å². The van der Waals surface area contributed by atoms with E-state index in [9.17, 15) is 0 Å². The molecule has 2 aliphatic heterocycles. The van der Waals surface area contributed by atoms with Gasteiger partial charge in [-0.3, -0.25) is 0 Å². The summed E-state index contributed by atoms with van der Waals surface area (Å²) < 4.78 is 11.8. The van der Waals surface area contributed by atoms with Crippen LogP contribution in [0.25, 0.3) is 6.08 Å². The van der Waals surface area contributed by atoms with Gasteiger partial charge in [-0.2, -0.15) is 0 Å². The van der Waals surface area contributed by atoms with E-state index < -0.39 is 0 Å². The van der Waals surface area contributed by atoms with Crippen molar-refractivity contribution in [1.29, 1.82) is 0 Å². The lowest BCUT2D eigenvalue weighted by Crippen LogP contribution is -2.37. The summed E-state index contributed by atoms with van der Waals surface area (Å²) >= 11 is 0. The predicted octanol–water partition coefficient (Wildman–Crippen LogP) is 2.61. The summed E-state index contributed by atoms with van der Waals surface area (Å²) in [6.07, 6.45) is 6.40. The summed E-state index contributed by atoms with van der Waals surface area (Å²) in [4.78, 5) is 0. The monoisotopic (exact) mass is 245 g/mol. The van der Waals surface area contributed by atoms with E-state index in [1.165, 1.54) is 0 Å². The highest BCUT2D eigenvalue weighted by Gasteiger charge is 2.35. The Balaban J connectivity index is 1.81. The lowest BCUT2D eigenvalue weighted by molar-refractivity contribution is 0.139. The zero-order valence-corrected chi connectivity index (χ0v) is 10.7. The lowest BCUT2D eigenvalue weighted by atomic mass is 9.97. The minimum Gasteiger partial charge on any atom is -0.494 e. The minimum atomic E-state index is -0.126. The summed E-state index contributed by atoms with van der Waals surface area (Å²) in [5.74, 6) is 1.88. The molecular formula is C15H19NO2. The molecule has 1 saturated heterocycles. The molecule has 0 aromatic heterocycles. The molecule has 0 aliphatic carbocycles. The van der Waals surface area contributed by atoms with Gasteiger partial charge in [-0.15, -0.1) is 0 Å². The molecular weight excluding hydrogens is 226 g/mol. The number of benzene rings is 1. The molecule has 1 unspecified atom stereocenters. The smallest absolute Gasteiger partial charge is 0.141 e. The first-order chi connectivity index (χ1) is 8.81. The van der Waals surface area contributed by atoms with Gasteiger partial charge < -0.3 is 14.8 Å². The highest BCUT2D eigenvalue weighted by molar-refractivity contribution is 5.63. The van der Waals surface area contributed by atoms with E-state index in [1.807, 2.05) is 12.1 Å². The number of hydrogen-bond acceptors (Lipinski definition) is 3. The van der Waals surface area contributed by atoms with Crippen molar-refractivity contribution in [2.45, 2.75) is 25.4 Å². The maximum atomic E-state index is 6.13. The molecule has 2 heterocycles. The molecule has 0 radical (unpaired) electrons. The van der Waals surface area contributed by atoms with E-state index in [0.717, 1.165) is 49.6 Å². The lowest BCUT2D eigenvalue weighted by Gasteiger charge is -2.30. The quantitative estimate of drug-likeness (QED) is 0.888. The predicted molar refractivity (Wildman–Crippen MR) is 72.1 cm³/mol. The molecule has 18 heavy (non-hydrogen) atoms. The first-order valence-corrected chi connectivity index (χ1v) is 6.67. The van der Waals surface area contributed by atoms with E-state index in [-0.39, 0.29) is 5.60 Å². The van der Waals surface area contributed by atoms with Crippen LogP contribution < -0.4 is 14.8 Å². The molecule has 2 aliphatic rings. The molecule has 96 valence electrons. The van der Waals surface area contributed by atoms with Gasteiger partial charge in [0.05, 0.1) is 6.61 Å². The van der Waals surface area contributed by atoms with E-state index in [4.69, 9.17) is 9.47 Å². The Morgan fingerprint density at radius 3 is 3.17 bits per heavy atom. The summed E-state index contributed by atoms with van der Waals surface area (Å²) in [5.41, 5.74) is 0.986.